The van der Waals surface area contributed by atoms with Crippen LogP contribution in [0.2, 0.25) is 0 Å². The number of Topliss-reactive ketones (excluding diaryl/α,β-unsaturated/α-hetero) is 1. The summed E-state index contributed by atoms with van der Waals surface area (Å²) in [5.41, 5.74) is 0.454. The predicted octanol–water partition coefficient (Wildman–Crippen LogP) is 3.47. The molecule has 144 valence electrons. The normalized spacial score (nSPS) is 12.5. The van der Waals surface area contributed by atoms with E-state index in [1.165, 1.54) is 0 Å². The van der Waals surface area contributed by atoms with Gasteiger partial charge in [-0.3, -0.25) is 4.79 Å². The molecule has 0 unspecified atom stereocenters. The average molecular weight is 374 g/mol. The fourth-order valence-electron chi connectivity index (χ4n) is 2.13. The monoisotopic (exact) mass is 373 g/mol. The van der Waals surface area contributed by atoms with E-state index in [4.69, 9.17) is 9.47 Å². The van der Waals surface area contributed by atoms with E-state index in [1.54, 1.807) is 25.3 Å². The average Bonchev–Trinajstić information content (AvgIpc) is 2.49. The first kappa shape index (κ1) is 23.7. The van der Waals surface area contributed by atoms with E-state index in [0.717, 1.165) is 0 Å². The summed E-state index contributed by atoms with van der Waals surface area (Å²) in [7, 11) is 1.57. The van der Waals surface area contributed by atoms with Gasteiger partial charge in [0.05, 0.1) is 12.7 Å². The summed E-state index contributed by atoms with van der Waals surface area (Å²) in [6.45, 7) is 10.6. The molecule has 6 heteroatoms. The number of ketones is 1. The van der Waals surface area contributed by atoms with Crippen molar-refractivity contribution >= 4 is 18.2 Å². The van der Waals surface area contributed by atoms with Crippen LogP contribution in [0, 0.1) is 5.92 Å². The first-order valence-electron chi connectivity index (χ1n) is 8.39. The number of aliphatic hydroxyl groups is 1. The lowest BCUT2D eigenvalue weighted by Crippen LogP contribution is -2.42. The molecule has 1 atom stereocenters. The van der Waals surface area contributed by atoms with Crippen LogP contribution in [0.25, 0.3) is 0 Å². The molecule has 0 aliphatic carbocycles. The molecule has 0 aliphatic rings. The molecule has 0 saturated carbocycles. The van der Waals surface area contributed by atoms with E-state index in [2.05, 4.69) is 5.32 Å². The third-order valence-electron chi connectivity index (χ3n) is 3.38. The smallest absolute Gasteiger partial charge is 0.166 e. The number of hydrogen-bond acceptors (Lipinski definition) is 5. The number of methoxy groups -OCH3 is 1. The van der Waals surface area contributed by atoms with Gasteiger partial charge in [-0.15, -0.1) is 12.4 Å². The van der Waals surface area contributed by atoms with Crippen LogP contribution in [0.1, 0.15) is 51.4 Å². The summed E-state index contributed by atoms with van der Waals surface area (Å²) in [5.74, 6) is 1.38. The van der Waals surface area contributed by atoms with Gasteiger partial charge in [-0.1, -0.05) is 13.8 Å². The highest BCUT2D eigenvalue weighted by molar-refractivity contribution is 5.99. The molecule has 2 N–H and O–H groups in total. The Labute approximate surface area is 157 Å². The highest BCUT2D eigenvalue weighted by atomic mass is 35.5. The fraction of sp³-hybridized carbons (Fsp3) is 0.632. The minimum atomic E-state index is -0.663. The third kappa shape index (κ3) is 9.10. The Morgan fingerprint density at radius 3 is 2.44 bits per heavy atom. The van der Waals surface area contributed by atoms with Gasteiger partial charge in [-0.2, -0.15) is 0 Å². The molecule has 0 spiro atoms. The maximum atomic E-state index is 12.4. The van der Waals surface area contributed by atoms with Crippen LogP contribution < -0.4 is 14.8 Å². The molecule has 0 fully saturated rings. The Bertz CT molecular complexity index is 541. The number of nitrogens with one attached hydrogen (secondary N) is 1. The summed E-state index contributed by atoms with van der Waals surface area (Å²) >= 11 is 0. The second-order valence-corrected chi connectivity index (χ2v) is 7.48. The molecule has 0 radical (unpaired) electrons. The highest BCUT2D eigenvalue weighted by Gasteiger charge is 2.17. The first-order valence-corrected chi connectivity index (χ1v) is 8.39. The molecule has 0 aromatic heterocycles. The van der Waals surface area contributed by atoms with Gasteiger partial charge in [0, 0.05) is 24.6 Å². The number of rotatable bonds is 9. The number of carbonyl (C=O) groups excluding carboxylic acids is 1. The first-order chi connectivity index (χ1) is 11.1. The van der Waals surface area contributed by atoms with E-state index >= 15 is 0 Å². The maximum absolute atomic E-state index is 12.4. The van der Waals surface area contributed by atoms with Crippen LogP contribution in [-0.2, 0) is 0 Å². The summed E-state index contributed by atoms with van der Waals surface area (Å²) in [6.07, 6.45) is -0.208. The number of β-amino-alcohol motifs (C(OH)–C–C–N with tert-alkyl or cyclic N) is 1. The Kier molecular flexibility index (Phi) is 10.1. The van der Waals surface area contributed by atoms with Crippen molar-refractivity contribution in [1.29, 1.82) is 0 Å². The van der Waals surface area contributed by atoms with Gasteiger partial charge in [0.2, 0.25) is 0 Å². The van der Waals surface area contributed by atoms with Crippen LogP contribution in [0.5, 0.6) is 11.5 Å². The van der Waals surface area contributed by atoms with Gasteiger partial charge in [0.15, 0.2) is 5.78 Å². The molecule has 25 heavy (non-hydrogen) atoms. The van der Waals surface area contributed by atoms with E-state index in [1.807, 2.05) is 34.6 Å². The zero-order chi connectivity index (χ0) is 18.3. The van der Waals surface area contributed by atoms with Crippen molar-refractivity contribution in [3.05, 3.63) is 23.8 Å². The summed E-state index contributed by atoms with van der Waals surface area (Å²) in [5, 5.41) is 13.3. The fourth-order valence-corrected chi connectivity index (χ4v) is 2.13. The van der Waals surface area contributed by atoms with Gasteiger partial charge >= 0.3 is 0 Å². The van der Waals surface area contributed by atoms with Crippen molar-refractivity contribution in [3.8, 4) is 11.5 Å². The molecule has 0 heterocycles. The second-order valence-electron chi connectivity index (χ2n) is 7.48. The Hall–Kier alpha value is -1.30. The van der Waals surface area contributed by atoms with Crippen molar-refractivity contribution in [2.24, 2.45) is 5.92 Å². The zero-order valence-corrected chi connectivity index (χ0v) is 16.9. The number of hydrogen-bond donors (Lipinski definition) is 2. The number of halogens is 1. The molecular formula is C19H32ClNO4. The van der Waals surface area contributed by atoms with Crippen molar-refractivity contribution in [3.63, 3.8) is 0 Å². The van der Waals surface area contributed by atoms with Crippen molar-refractivity contribution < 1.29 is 19.4 Å². The number of aliphatic hydroxyl groups excluding tert-OH is 1. The largest absolute Gasteiger partial charge is 0.497 e. The van der Waals surface area contributed by atoms with E-state index in [0.29, 0.717) is 30.0 Å². The molecule has 0 bridgehead atoms. The lowest BCUT2D eigenvalue weighted by molar-refractivity contribution is 0.0923. The number of benzene rings is 1. The third-order valence-corrected chi connectivity index (χ3v) is 3.38. The van der Waals surface area contributed by atoms with Gasteiger partial charge in [0.25, 0.3) is 0 Å². The molecular weight excluding hydrogens is 342 g/mol. The summed E-state index contributed by atoms with van der Waals surface area (Å²) < 4.78 is 10.9. The Morgan fingerprint density at radius 2 is 1.92 bits per heavy atom. The van der Waals surface area contributed by atoms with E-state index in [-0.39, 0.29) is 36.3 Å². The minimum Gasteiger partial charge on any atom is -0.497 e. The van der Waals surface area contributed by atoms with Gasteiger partial charge in [0.1, 0.15) is 24.2 Å². The van der Waals surface area contributed by atoms with Crippen molar-refractivity contribution in [2.75, 3.05) is 20.3 Å². The quantitative estimate of drug-likeness (QED) is 0.649. The van der Waals surface area contributed by atoms with Gasteiger partial charge in [-0.25, -0.2) is 0 Å². The highest BCUT2D eigenvalue weighted by Crippen LogP contribution is 2.27. The van der Waals surface area contributed by atoms with Crippen LogP contribution in [0.3, 0.4) is 0 Å². The molecule has 0 saturated heterocycles. The van der Waals surface area contributed by atoms with Crippen LogP contribution in [0.4, 0.5) is 0 Å². The summed E-state index contributed by atoms with van der Waals surface area (Å²) in [4.78, 5) is 12.4. The predicted molar refractivity (Wildman–Crippen MR) is 103 cm³/mol. The molecule has 1 rings (SSSR count). The van der Waals surface area contributed by atoms with Crippen molar-refractivity contribution in [1.82, 2.24) is 5.32 Å². The topological polar surface area (TPSA) is 67.8 Å². The molecule has 1 aromatic rings. The molecule has 5 nitrogen and oxygen atoms in total. The summed E-state index contributed by atoms with van der Waals surface area (Å²) in [6, 6.07) is 5.16. The molecule has 0 aliphatic heterocycles. The van der Waals surface area contributed by atoms with E-state index < -0.39 is 6.10 Å². The van der Waals surface area contributed by atoms with Crippen LogP contribution in [-0.4, -0.2) is 42.8 Å². The SMILES string of the molecule is COc1ccc(C(=O)CC(C)C)c(OC[C@H](O)CNC(C)(C)C)c1.Cl. The van der Waals surface area contributed by atoms with Gasteiger partial charge < -0.3 is 19.9 Å². The number of carbonyl (C=O) groups is 1. The Balaban J connectivity index is 0.00000576. The standard InChI is InChI=1S/C19H31NO4.ClH/c1-13(2)9-17(22)16-8-7-15(23-6)10-18(16)24-12-14(21)11-20-19(3,4)5;/h7-8,10,13-14,20-21H,9,11-12H2,1-6H3;1H/t14-;/m1./s1. The Morgan fingerprint density at radius 1 is 1.28 bits per heavy atom. The van der Waals surface area contributed by atoms with E-state index in [9.17, 15) is 9.90 Å². The maximum Gasteiger partial charge on any atom is 0.166 e. The van der Waals surface area contributed by atoms with Crippen molar-refractivity contribution in [2.45, 2.75) is 52.7 Å². The second kappa shape index (κ2) is 10.6. The lowest BCUT2D eigenvalue weighted by Gasteiger charge is -2.23. The lowest BCUT2D eigenvalue weighted by atomic mass is 10.0. The minimum absolute atomic E-state index is 0. The molecule has 0 amide bonds. The van der Waals surface area contributed by atoms with Crippen LogP contribution in [0.15, 0.2) is 18.2 Å². The van der Waals surface area contributed by atoms with Gasteiger partial charge in [-0.05, 0) is 38.8 Å². The number of ether oxygens (including phenoxy) is 2. The zero-order valence-electron chi connectivity index (χ0n) is 16.1. The van der Waals surface area contributed by atoms with Crippen LogP contribution >= 0.6 is 12.4 Å². The molecule has 1 aromatic carbocycles.